The molecular formula is C15H18N4O2S. The topological polar surface area (TPSA) is 71.1 Å². The Labute approximate surface area is 133 Å². The van der Waals surface area contributed by atoms with Gasteiger partial charge in [-0.1, -0.05) is 18.2 Å². The molecule has 0 saturated carbocycles. The number of benzene rings is 1. The molecule has 0 bridgehead atoms. The number of aryl methyl sites for hydroxylation is 1. The van der Waals surface area contributed by atoms with Gasteiger partial charge in [0.1, 0.15) is 0 Å². The predicted octanol–water partition coefficient (Wildman–Crippen LogP) is 3.02. The highest BCUT2D eigenvalue weighted by molar-refractivity contribution is 7.80. The molecule has 1 unspecified atom stereocenters. The highest BCUT2D eigenvalue weighted by Crippen LogP contribution is 2.37. The molecule has 0 aliphatic carbocycles. The van der Waals surface area contributed by atoms with Crippen molar-refractivity contribution in [3.63, 3.8) is 0 Å². The molecule has 1 atom stereocenters. The van der Waals surface area contributed by atoms with Gasteiger partial charge in [0.2, 0.25) is 11.0 Å². The monoisotopic (exact) mass is 318 g/mol. The first kappa shape index (κ1) is 14.9. The van der Waals surface area contributed by atoms with Crippen LogP contribution in [0.1, 0.15) is 12.8 Å². The smallest absolute Gasteiger partial charge is 0.220 e. The summed E-state index contributed by atoms with van der Waals surface area (Å²) in [7, 11) is 1.78. The number of thiocarbonyl (C=S) groups is 1. The quantitative estimate of drug-likeness (QED) is 0.674. The first-order chi connectivity index (χ1) is 10.7. The molecule has 116 valence electrons. The summed E-state index contributed by atoms with van der Waals surface area (Å²) >= 11 is 5.15. The molecule has 6 nitrogen and oxygen atoms in total. The zero-order chi connectivity index (χ0) is 15.5. The minimum Gasteiger partial charge on any atom is -0.493 e. The van der Waals surface area contributed by atoms with E-state index < -0.39 is 0 Å². The average molecular weight is 318 g/mol. The lowest BCUT2D eigenvalue weighted by atomic mass is 10.2. The Morgan fingerprint density at radius 1 is 1.50 bits per heavy atom. The van der Waals surface area contributed by atoms with Gasteiger partial charge in [-0.2, -0.15) is 0 Å². The Kier molecular flexibility index (Phi) is 4.35. The molecule has 1 aromatic carbocycles. The number of hydrogen-bond donors (Lipinski definition) is 2. The van der Waals surface area contributed by atoms with Crippen LogP contribution in [0.5, 0.6) is 5.88 Å². The van der Waals surface area contributed by atoms with Crippen molar-refractivity contribution < 1.29 is 9.84 Å². The summed E-state index contributed by atoms with van der Waals surface area (Å²) in [6.07, 6.45) is 2.32. The fourth-order valence-electron chi connectivity index (χ4n) is 2.60. The highest BCUT2D eigenvalue weighted by Gasteiger charge is 2.16. The number of aromatic nitrogens is 1. The number of ether oxygens (including phenoxy) is 1. The van der Waals surface area contributed by atoms with Gasteiger partial charge in [0.25, 0.3) is 0 Å². The molecule has 2 heterocycles. The van der Waals surface area contributed by atoms with E-state index in [1.54, 1.807) is 11.6 Å². The standard InChI is InChI=1S/C15H18N4O2S/c1-19-12-7-3-2-6-11(12)13(14(19)20)17-18-15(22)16-9-10-5-4-8-21-10/h2-3,6-7,10,20H,4-5,8-9H2,1H3,(H,16,22). The van der Waals surface area contributed by atoms with E-state index in [1.807, 2.05) is 24.3 Å². The lowest BCUT2D eigenvalue weighted by molar-refractivity contribution is 0.114. The molecule has 0 radical (unpaired) electrons. The third kappa shape index (κ3) is 2.95. The normalized spacial score (nSPS) is 18.3. The van der Waals surface area contributed by atoms with Crippen LogP contribution >= 0.6 is 12.2 Å². The minimum absolute atomic E-state index is 0.0758. The minimum atomic E-state index is 0.0758. The summed E-state index contributed by atoms with van der Waals surface area (Å²) in [4.78, 5) is 0. The van der Waals surface area contributed by atoms with Gasteiger partial charge in [-0.05, 0) is 31.1 Å². The molecule has 2 aromatic rings. The van der Waals surface area contributed by atoms with E-state index in [-0.39, 0.29) is 12.0 Å². The van der Waals surface area contributed by atoms with E-state index in [9.17, 15) is 5.11 Å². The van der Waals surface area contributed by atoms with Crippen LogP contribution in [0.3, 0.4) is 0 Å². The van der Waals surface area contributed by atoms with Crippen molar-refractivity contribution in [2.45, 2.75) is 18.9 Å². The van der Waals surface area contributed by atoms with Crippen LogP contribution in [-0.2, 0) is 11.8 Å². The summed E-state index contributed by atoms with van der Waals surface area (Å²) in [5.41, 5.74) is 1.33. The van der Waals surface area contributed by atoms with Crippen molar-refractivity contribution in [2.75, 3.05) is 13.2 Å². The number of hydrogen-bond acceptors (Lipinski definition) is 4. The third-order valence-electron chi connectivity index (χ3n) is 3.80. The SMILES string of the molecule is Cn1c(O)c(N=NC(=S)NCC2CCCO2)c2ccccc21. The van der Waals surface area contributed by atoms with E-state index in [1.165, 1.54) is 0 Å². The largest absolute Gasteiger partial charge is 0.493 e. The second kappa shape index (κ2) is 6.41. The van der Waals surface area contributed by atoms with Crippen LogP contribution in [0.2, 0.25) is 0 Å². The molecular weight excluding hydrogens is 300 g/mol. The fraction of sp³-hybridized carbons (Fsp3) is 0.400. The predicted molar refractivity (Wildman–Crippen MR) is 88.7 cm³/mol. The molecule has 3 rings (SSSR count). The van der Waals surface area contributed by atoms with Crippen molar-refractivity contribution in [1.29, 1.82) is 0 Å². The van der Waals surface area contributed by atoms with Gasteiger partial charge < -0.3 is 19.7 Å². The Bertz CT molecular complexity index is 720. The van der Waals surface area contributed by atoms with Gasteiger partial charge >= 0.3 is 0 Å². The molecule has 22 heavy (non-hydrogen) atoms. The summed E-state index contributed by atoms with van der Waals surface area (Å²) in [5, 5.41) is 22.4. The number of para-hydroxylation sites is 1. The van der Waals surface area contributed by atoms with E-state index in [4.69, 9.17) is 17.0 Å². The average Bonchev–Trinajstić information content (AvgIpc) is 3.13. The Hall–Kier alpha value is -1.99. The van der Waals surface area contributed by atoms with Crippen molar-refractivity contribution in [1.82, 2.24) is 9.88 Å². The van der Waals surface area contributed by atoms with Gasteiger partial charge in [0.15, 0.2) is 5.69 Å². The third-order valence-corrected chi connectivity index (χ3v) is 4.02. The number of azo groups is 1. The zero-order valence-corrected chi connectivity index (χ0v) is 13.1. The number of nitrogens with zero attached hydrogens (tertiary/aromatic N) is 3. The molecule has 0 spiro atoms. The molecule has 1 fully saturated rings. The molecule has 1 saturated heterocycles. The van der Waals surface area contributed by atoms with Crippen molar-refractivity contribution in [2.24, 2.45) is 17.3 Å². The molecule has 2 N–H and O–H groups in total. The molecule has 0 amide bonds. The lowest BCUT2D eigenvalue weighted by Crippen LogP contribution is -2.29. The molecule has 1 aromatic heterocycles. The Morgan fingerprint density at radius 3 is 3.09 bits per heavy atom. The van der Waals surface area contributed by atoms with Crippen molar-refractivity contribution >= 4 is 33.9 Å². The van der Waals surface area contributed by atoms with E-state index in [0.29, 0.717) is 17.3 Å². The van der Waals surface area contributed by atoms with Crippen LogP contribution in [0.25, 0.3) is 10.9 Å². The van der Waals surface area contributed by atoms with E-state index >= 15 is 0 Å². The number of nitrogens with one attached hydrogen (secondary N) is 1. The van der Waals surface area contributed by atoms with Gasteiger partial charge in [0.05, 0.1) is 11.6 Å². The number of aromatic hydroxyl groups is 1. The maximum absolute atomic E-state index is 10.2. The van der Waals surface area contributed by atoms with Crippen molar-refractivity contribution in [3.05, 3.63) is 24.3 Å². The molecule has 1 aliphatic rings. The molecule has 1 aliphatic heterocycles. The fourth-order valence-corrected chi connectivity index (χ4v) is 2.72. The number of rotatable bonds is 3. The van der Waals surface area contributed by atoms with Crippen LogP contribution in [-0.4, -0.2) is 34.0 Å². The van der Waals surface area contributed by atoms with Crippen LogP contribution in [0, 0.1) is 0 Å². The first-order valence-corrected chi connectivity index (χ1v) is 7.65. The molecule has 7 heteroatoms. The van der Waals surface area contributed by atoms with Gasteiger partial charge in [0, 0.05) is 25.6 Å². The lowest BCUT2D eigenvalue weighted by Gasteiger charge is -2.09. The summed E-state index contributed by atoms with van der Waals surface area (Å²) in [6.45, 7) is 1.45. The summed E-state index contributed by atoms with van der Waals surface area (Å²) < 4.78 is 7.18. The van der Waals surface area contributed by atoms with E-state index in [2.05, 4.69) is 15.5 Å². The van der Waals surface area contributed by atoms with Crippen LogP contribution in [0.4, 0.5) is 5.69 Å². The first-order valence-electron chi connectivity index (χ1n) is 7.24. The zero-order valence-electron chi connectivity index (χ0n) is 12.3. The van der Waals surface area contributed by atoms with Crippen LogP contribution in [0.15, 0.2) is 34.5 Å². The maximum atomic E-state index is 10.2. The summed E-state index contributed by atoms with van der Waals surface area (Å²) in [6, 6.07) is 7.62. The second-order valence-corrected chi connectivity index (χ2v) is 5.66. The summed E-state index contributed by atoms with van der Waals surface area (Å²) in [5.74, 6) is 0.0758. The van der Waals surface area contributed by atoms with Gasteiger partial charge in [-0.3, -0.25) is 0 Å². The Balaban J connectivity index is 1.72. The highest BCUT2D eigenvalue weighted by atomic mass is 32.1. The van der Waals surface area contributed by atoms with E-state index in [0.717, 1.165) is 30.4 Å². The van der Waals surface area contributed by atoms with Crippen LogP contribution < -0.4 is 5.32 Å². The maximum Gasteiger partial charge on any atom is 0.220 e. The van der Waals surface area contributed by atoms with Crippen molar-refractivity contribution in [3.8, 4) is 5.88 Å². The van der Waals surface area contributed by atoms with Gasteiger partial charge in [-0.15, -0.1) is 10.2 Å². The Morgan fingerprint density at radius 2 is 2.32 bits per heavy atom. The second-order valence-electron chi connectivity index (χ2n) is 5.27. The van der Waals surface area contributed by atoms with Gasteiger partial charge in [-0.25, -0.2) is 0 Å². The number of fused-ring (bicyclic) bond motifs is 1.